The minimum Gasteiger partial charge on any atom is -0.507 e. The number of amides is 1. The van der Waals surface area contributed by atoms with E-state index in [-0.39, 0.29) is 57.5 Å². The summed E-state index contributed by atoms with van der Waals surface area (Å²) < 4.78 is 16.6. The Balaban J connectivity index is 1.88. The Bertz CT molecular complexity index is 1790. The summed E-state index contributed by atoms with van der Waals surface area (Å²) in [4.78, 5) is 44.5. The molecule has 2 unspecified atom stereocenters. The molecule has 0 bridgehead atoms. The highest BCUT2D eigenvalue weighted by Crippen LogP contribution is 2.40. The van der Waals surface area contributed by atoms with Crippen LogP contribution in [-0.4, -0.2) is 60.6 Å². The molecule has 3 aromatic heterocycles. The molecule has 1 aliphatic heterocycles. The third-order valence-electron chi connectivity index (χ3n) is 8.12. The average Bonchev–Trinajstić information content (AvgIpc) is 2.97. The van der Waals surface area contributed by atoms with Crippen molar-refractivity contribution in [2.24, 2.45) is 0 Å². The van der Waals surface area contributed by atoms with Crippen LogP contribution in [-0.2, 0) is 4.79 Å². The summed E-state index contributed by atoms with van der Waals surface area (Å²) in [7, 11) is 0. The van der Waals surface area contributed by atoms with Gasteiger partial charge in [0, 0.05) is 31.4 Å². The summed E-state index contributed by atoms with van der Waals surface area (Å²) in [5.74, 6) is -0.893. The van der Waals surface area contributed by atoms with Crippen molar-refractivity contribution in [2.45, 2.75) is 65.5 Å². The van der Waals surface area contributed by atoms with Gasteiger partial charge in [0.25, 0.3) is 0 Å². The number of carbonyl (C=O) groups is 1. The van der Waals surface area contributed by atoms with Crippen LogP contribution in [0.2, 0.25) is 5.02 Å². The molecule has 1 aliphatic rings. The van der Waals surface area contributed by atoms with Gasteiger partial charge in [0.2, 0.25) is 5.91 Å². The van der Waals surface area contributed by atoms with Crippen molar-refractivity contribution in [3.8, 4) is 22.7 Å². The van der Waals surface area contributed by atoms with Crippen LogP contribution in [0.15, 0.2) is 54.0 Å². The van der Waals surface area contributed by atoms with E-state index >= 15 is 4.39 Å². The number of aromatic nitrogens is 4. The van der Waals surface area contributed by atoms with Gasteiger partial charge in [0.1, 0.15) is 17.4 Å². The number of phenolic OH excluding ortho intramolecular Hbond substituents is 1. The fraction of sp³-hybridized carbons (Fsp3) is 0.364. The number of hydrogen-bond acceptors (Lipinski definition) is 7. The minimum atomic E-state index is -0.709. The first kappa shape index (κ1) is 31.1. The van der Waals surface area contributed by atoms with Gasteiger partial charge in [0.15, 0.2) is 5.65 Å². The summed E-state index contributed by atoms with van der Waals surface area (Å²) in [6, 6.07) is 7.02. The lowest BCUT2D eigenvalue weighted by atomic mass is 9.97. The van der Waals surface area contributed by atoms with Gasteiger partial charge in [-0.15, -0.1) is 0 Å². The van der Waals surface area contributed by atoms with Gasteiger partial charge in [-0.3, -0.25) is 9.78 Å². The number of carbonyl (C=O) groups excluding carboxylic acids is 1. The first-order chi connectivity index (χ1) is 20.8. The molecule has 11 heteroatoms. The lowest BCUT2D eigenvalue weighted by Gasteiger charge is -2.44. The molecule has 4 heterocycles. The second-order valence-corrected chi connectivity index (χ2v) is 12.3. The second kappa shape index (κ2) is 12.0. The number of nitrogens with zero attached hydrogens (tertiary/aromatic N) is 6. The summed E-state index contributed by atoms with van der Waals surface area (Å²) in [6.45, 7) is 16.3. The largest absolute Gasteiger partial charge is 0.507 e. The Morgan fingerprint density at radius 3 is 2.48 bits per heavy atom. The molecule has 4 aromatic rings. The van der Waals surface area contributed by atoms with E-state index in [2.05, 4.69) is 16.5 Å². The number of hydrogen-bond donors (Lipinski definition) is 1. The predicted octanol–water partition coefficient (Wildman–Crippen LogP) is 6.20. The van der Waals surface area contributed by atoms with Crippen molar-refractivity contribution in [1.82, 2.24) is 24.4 Å². The number of anilines is 1. The zero-order chi connectivity index (χ0) is 32.0. The van der Waals surface area contributed by atoms with Gasteiger partial charge in [0.05, 0.1) is 33.0 Å². The molecule has 9 nitrogen and oxygen atoms in total. The standard InChI is InChI=1S/C33H36ClFN6O3/c1-8-26(43)39-15-20(7)40(16-19(39)6)31-22-14-23(34)29(27-24(35)10-9-11-25(27)42)37-32(22)41(33(44)38-31)30-21(17(2)3)12-13-36-28(30)18(4)5/h8-14,17-20,42H,1,15-16H2,2-7H3. The molecule has 2 atom stereocenters. The van der Waals surface area contributed by atoms with E-state index in [0.717, 1.165) is 5.56 Å². The van der Waals surface area contributed by atoms with E-state index in [4.69, 9.17) is 16.6 Å². The van der Waals surface area contributed by atoms with Crippen molar-refractivity contribution < 1.29 is 14.3 Å². The molecule has 1 amide bonds. The van der Waals surface area contributed by atoms with Gasteiger partial charge >= 0.3 is 5.69 Å². The fourth-order valence-corrected chi connectivity index (χ4v) is 6.16. The van der Waals surface area contributed by atoms with Gasteiger partial charge in [-0.05, 0) is 61.6 Å². The number of halogens is 2. The molecule has 1 saturated heterocycles. The first-order valence-corrected chi connectivity index (χ1v) is 15.0. The number of aromatic hydroxyl groups is 1. The number of phenols is 1. The Morgan fingerprint density at radius 2 is 1.84 bits per heavy atom. The van der Waals surface area contributed by atoms with Gasteiger partial charge in [-0.1, -0.05) is 51.9 Å². The van der Waals surface area contributed by atoms with E-state index < -0.39 is 11.5 Å². The smallest absolute Gasteiger partial charge is 0.355 e. The van der Waals surface area contributed by atoms with Crippen LogP contribution in [0.3, 0.4) is 0 Å². The van der Waals surface area contributed by atoms with Crippen LogP contribution < -0.4 is 10.6 Å². The summed E-state index contributed by atoms with van der Waals surface area (Å²) in [5.41, 5.74) is 1.54. The molecular weight excluding hydrogens is 583 g/mol. The zero-order valence-electron chi connectivity index (χ0n) is 25.7. The van der Waals surface area contributed by atoms with E-state index in [1.165, 1.54) is 28.8 Å². The maximum absolute atomic E-state index is 15.2. The Morgan fingerprint density at radius 1 is 1.11 bits per heavy atom. The molecule has 230 valence electrons. The highest BCUT2D eigenvalue weighted by Gasteiger charge is 2.34. The first-order valence-electron chi connectivity index (χ1n) is 14.7. The van der Waals surface area contributed by atoms with Crippen LogP contribution in [0, 0.1) is 5.82 Å². The molecule has 0 spiro atoms. The second-order valence-electron chi connectivity index (χ2n) is 11.9. The number of piperazine rings is 1. The molecule has 0 aliphatic carbocycles. The van der Waals surface area contributed by atoms with Crippen LogP contribution in [0.4, 0.5) is 10.2 Å². The Kier molecular flexibility index (Phi) is 8.49. The normalized spacial score (nSPS) is 17.1. The van der Waals surface area contributed by atoms with Gasteiger partial charge in [-0.2, -0.15) is 4.98 Å². The van der Waals surface area contributed by atoms with Crippen molar-refractivity contribution in [2.75, 3.05) is 18.0 Å². The average molecular weight is 619 g/mol. The van der Waals surface area contributed by atoms with E-state index in [1.54, 1.807) is 17.2 Å². The Hall–Kier alpha value is -4.31. The fourth-order valence-electron chi connectivity index (χ4n) is 5.91. The van der Waals surface area contributed by atoms with Crippen LogP contribution in [0.25, 0.3) is 28.0 Å². The van der Waals surface area contributed by atoms with Crippen molar-refractivity contribution in [1.29, 1.82) is 0 Å². The van der Waals surface area contributed by atoms with Crippen LogP contribution in [0.1, 0.15) is 64.6 Å². The van der Waals surface area contributed by atoms with Crippen LogP contribution >= 0.6 is 11.6 Å². The molecule has 1 fully saturated rings. The molecule has 5 rings (SSSR count). The maximum Gasteiger partial charge on any atom is 0.355 e. The quantitative estimate of drug-likeness (QED) is 0.257. The van der Waals surface area contributed by atoms with Crippen molar-refractivity contribution >= 4 is 34.4 Å². The lowest BCUT2D eigenvalue weighted by molar-refractivity contribution is -0.128. The molecule has 44 heavy (non-hydrogen) atoms. The minimum absolute atomic E-state index is 0.0102. The number of benzene rings is 1. The van der Waals surface area contributed by atoms with E-state index in [9.17, 15) is 14.7 Å². The monoisotopic (exact) mass is 618 g/mol. The predicted molar refractivity (Wildman–Crippen MR) is 171 cm³/mol. The van der Waals surface area contributed by atoms with E-state index in [1.807, 2.05) is 52.5 Å². The highest BCUT2D eigenvalue weighted by molar-refractivity contribution is 6.34. The lowest BCUT2D eigenvalue weighted by Crippen LogP contribution is -2.58. The van der Waals surface area contributed by atoms with Gasteiger partial charge < -0.3 is 14.9 Å². The topological polar surface area (TPSA) is 104 Å². The molecule has 1 aromatic carbocycles. The molecule has 0 saturated carbocycles. The number of pyridine rings is 2. The number of fused-ring (bicyclic) bond motifs is 1. The highest BCUT2D eigenvalue weighted by atomic mass is 35.5. The SMILES string of the molecule is C=CC(=O)N1CC(C)N(c2nc(=O)n(-c3c(C(C)C)ccnc3C(C)C)c3nc(-c4c(O)cccc4F)c(Cl)cc23)CC1C. The Labute approximate surface area is 260 Å². The maximum atomic E-state index is 15.2. The number of rotatable bonds is 6. The zero-order valence-corrected chi connectivity index (χ0v) is 26.4. The molecule has 1 N–H and O–H groups in total. The van der Waals surface area contributed by atoms with Crippen molar-refractivity contribution in [3.63, 3.8) is 0 Å². The third-order valence-corrected chi connectivity index (χ3v) is 8.41. The van der Waals surface area contributed by atoms with E-state index in [0.29, 0.717) is 35.7 Å². The molecular formula is C33H36ClFN6O3. The molecule has 0 radical (unpaired) electrons. The summed E-state index contributed by atoms with van der Waals surface area (Å²) >= 11 is 6.79. The van der Waals surface area contributed by atoms with Gasteiger partial charge in [-0.25, -0.2) is 18.7 Å². The summed E-state index contributed by atoms with van der Waals surface area (Å²) in [5, 5.41) is 11.2. The van der Waals surface area contributed by atoms with Crippen LogP contribution in [0.5, 0.6) is 5.75 Å². The third kappa shape index (κ3) is 5.32. The van der Waals surface area contributed by atoms with Crippen molar-refractivity contribution in [3.05, 3.63) is 81.8 Å². The summed E-state index contributed by atoms with van der Waals surface area (Å²) in [6.07, 6.45) is 3.02.